The summed E-state index contributed by atoms with van der Waals surface area (Å²) < 4.78 is 25.9. The molecule has 1 atom stereocenters. The standard InChI is InChI=1S/C28H29BrFN3O3/c1-28(2)13-22-26(23(34)14-28)25(21(15-31)27(32)33(22)9-10-35-3)20-12-18(29)7-8-24(20)36-16-17-5-4-6-19(30)11-17/h4-8,11-12,25H,9-10,13-14,16,32H2,1-3H3/t25-/m1/s1. The second kappa shape index (κ2) is 10.5. The molecule has 6 nitrogen and oxygen atoms in total. The molecule has 0 fully saturated rings. The predicted octanol–water partition coefficient (Wildman–Crippen LogP) is 5.55. The molecule has 0 saturated heterocycles. The minimum absolute atomic E-state index is 0.00928. The molecule has 0 aromatic heterocycles. The van der Waals surface area contributed by atoms with E-state index >= 15 is 0 Å². The van der Waals surface area contributed by atoms with E-state index in [0.717, 1.165) is 10.2 Å². The van der Waals surface area contributed by atoms with Gasteiger partial charge in [0.15, 0.2) is 5.78 Å². The van der Waals surface area contributed by atoms with Crippen molar-refractivity contribution in [2.24, 2.45) is 11.1 Å². The maximum absolute atomic E-state index is 13.7. The van der Waals surface area contributed by atoms with Crippen molar-refractivity contribution in [1.29, 1.82) is 5.26 Å². The van der Waals surface area contributed by atoms with Crippen molar-refractivity contribution < 1.29 is 18.7 Å². The van der Waals surface area contributed by atoms with Crippen molar-refractivity contribution in [2.45, 2.75) is 39.2 Å². The van der Waals surface area contributed by atoms with Gasteiger partial charge in [-0.2, -0.15) is 5.26 Å². The Morgan fingerprint density at radius 3 is 2.72 bits per heavy atom. The maximum atomic E-state index is 13.7. The summed E-state index contributed by atoms with van der Waals surface area (Å²) in [5.41, 5.74) is 9.38. The van der Waals surface area contributed by atoms with Gasteiger partial charge in [-0.15, -0.1) is 0 Å². The normalized spacial score (nSPS) is 19.3. The summed E-state index contributed by atoms with van der Waals surface area (Å²) in [5.74, 6) is -0.205. The number of methoxy groups -OCH3 is 1. The number of benzene rings is 2. The highest BCUT2D eigenvalue weighted by atomic mass is 79.9. The minimum Gasteiger partial charge on any atom is -0.489 e. The average Bonchev–Trinajstić information content (AvgIpc) is 2.81. The molecule has 0 radical (unpaired) electrons. The van der Waals surface area contributed by atoms with Gasteiger partial charge in [0, 0.05) is 41.4 Å². The van der Waals surface area contributed by atoms with Crippen LogP contribution in [0.3, 0.4) is 0 Å². The zero-order valence-corrected chi connectivity index (χ0v) is 22.2. The average molecular weight is 554 g/mol. The van der Waals surface area contributed by atoms with Crippen LogP contribution in [-0.2, 0) is 16.1 Å². The van der Waals surface area contributed by atoms with E-state index in [-0.39, 0.29) is 23.6 Å². The van der Waals surface area contributed by atoms with Crippen LogP contribution in [0.4, 0.5) is 4.39 Å². The lowest BCUT2D eigenvalue weighted by atomic mass is 9.68. The van der Waals surface area contributed by atoms with E-state index in [1.54, 1.807) is 25.3 Å². The third-order valence-corrected chi connectivity index (χ3v) is 7.07. The Morgan fingerprint density at radius 2 is 2.03 bits per heavy atom. The zero-order chi connectivity index (χ0) is 26.0. The van der Waals surface area contributed by atoms with Crippen molar-refractivity contribution in [1.82, 2.24) is 4.90 Å². The van der Waals surface area contributed by atoms with Gasteiger partial charge in [-0.1, -0.05) is 41.9 Å². The first-order chi connectivity index (χ1) is 17.1. The highest BCUT2D eigenvalue weighted by Gasteiger charge is 2.45. The van der Waals surface area contributed by atoms with Crippen LogP contribution in [0.25, 0.3) is 0 Å². The molecular formula is C28H29BrFN3O3. The molecule has 8 heteroatoms. The van der Waals surface area contributed by atoms with Crippen LogP contribution < -0.4 is 10.5 Å². The van der Waals surface area contributed by atoms with Crippen molar-refractivity contribution in [3.63, 3.8) is 0 Å². The molecule has 188 valence electrons. The van der Waals surface area contributed by atoms with Gasteiger partial charge in [0.25, 0.3) is 0 Å². The Labute approximate surface area is 219 Å². The summed E-state index contributed by atoms with van der Waals surface area (Å²) in [6, 6.07) is 14.0. The van der Waals surface area contributed by atoms with Gasteiger partial charge in [0.1, 0.15) is 24.0 Å². The van der Waals surface area contributed by atoms with Crippen LogP contribution in [0.5, 0.6) is 5.75 Å². The summed E-state index contributed by atoms with van der Waals surface area (Å²) in [5, 5.41) is 10.2. The summed E-state index contributed by atoms with van der Waals surface area (Å²) in [6.45, 7) is 5.08. The number of halogens is 2. The number of nitrogens with zero attached hydrogens (tertiary/aromatic N) is 2. The van der Waals surface area contributed by atoms with Gasteiger partial charge in [-0.25, -0.2) is 4.39 Å². The Morgan fingerprint density at radius 1 is 1.25 bits per heavy atom. The van der Waals surface area contributed by atoms with Crippen LogP contribution in [0, 0.1) is 22.6 Å². The summed E-state index contributed by atoms with van der Waals surface area (Å²) in [7, 11) is 1.60. The molecule has 0 bridgehead atoms. The van der Waals surface area contributed by atoms with E-state index in [1.165, 1.54) is 12.1 Å². The van der Waals surface area contributed by atoms with E-state index in [0.29, 0.717) is 59.8 Å². The number of ketones is 1. The van der Waals surface area contributed by atoms with Crippen LogP contribution in [0.1, 0.15) is 43.7 Å². The fraction of sp³-hybridized carbons (Fsp3) is 0.357. The molecule has 2 aliphatic rings. The summed E-state index contributed by atoms with van der Waals surface area (Å²) in [4.78, 5) is 15.5. The highest BCUT2D eigenvalue weighted by Crippen LogP contribution is 2.50. The van der Waals surface area contributed by atoms with Crippen LogP contribution in [0.2, 0.25) is 0 Å². The van der Waals surface area contributed by atoms with E-state index in [4.69, 9.17) is 15.2 Å². The second-order valence-corrected chi connectivity index (χ2v) is 10.8. The monoisotopic (exact) mass is 553 g/mol. The number of Topliss-reactive ketones (excluding diaryl/α,β-unsaturated/α-hetero) is 1. The smallest absolute Gasteiger partial charge is 0.162 e. The van der Waals surface area contributed by atoms with Crippen molar-refractivity contribution in [2.75, 3.05) is 20.3 Å². The SMILES string of the molecule is COCCN1C(N)=C(C#N)[C@@H](c2cc(Br)ccc2OCc2cccc(F)c2)C2=C1CC(C)(C)CC2=O. The molecule has 0 unspecified atom stereocenters. The first-order valence-electron chi connectivity index (χ1n) is 11.7. The largest absolute Gasteiger partial charge is 0.489 e. The van der Waals surface area contributed by atoms with Crippen molar-refractivity contribution in [3.8, 4) is 11.8 Å². The summed E-state index contributed by atoms with van der Waals surface area (Å²) >= 11 is 3.53. The quantitative estimate of drug-likeness (QED) is 0.483. The molecule has 2 aromatic carbocycles. The van der Waals surface area contributed by atoms with E-state index < -0.39 is 5.92 Å². The fourth-order valence-corrected chi connectivity index (χ4v) is 5.37. The molecular weight excluding hydrogens is 525 g/mol. The Hall–Kier alpha value is -3.15. The number of hydrogen-bond donors (Lipinski definition) is 1. The molecule has 2 N–H and O–H groups in total. The van der Waals surface area contributed by atoms with Gasteiger partial charge < -0.3 is 20.1 Å². The van der Waals surface area contributed by atoms with Gasteiger partial charge in [0.2, 0.25) is 0 Å². The van der Waals surface area contributed by atoms with E-state index in [9.17, 15) is 14.4 Å². The van der Waals surface area contributed by atoms with Gasteiger partial charge in [-0.05, 0) is 47.7 Å². The molecule has 1 aliphatic carbocycles. The topological polar surface area (TPSA) is 88.6 Å². The lowest BCUT2D eigenvalue weighted by molar-refractivity contribution is -0.118. The molecule has 36 heavy (non-hydrogen) atoms. The molecule has 4 rings (SSSR count). The van der Waals surface area contributed by atoms with Crippen molar-refractivity contribution >= 4 is 21.7 Å². The Balaban J connectivity index is 1.85. The number of nitrogens with two attached hydrogens (primary N) is 1. The number of nitriles is 1. The lowest BCUT2D eigenvalue weighted by Gasteiger charge is -2.44. The Kier molecular flexibility index (Phi) is 7.53. The van der Waals surface area contributed by atoms with Crippen LogP contribution in [0.15, 0.2) is 69.6 Å². The third kappa shape index (κ3) is 5.18. The third-order valence-electron chi connectivity index (χ3n) is 6.57. The molecule has 1 heterocycles. The van der Waals surface area contributed by atoms with Crippen LogP contribution >= 0.6 is 15.9 Å². The van der Waals surface area contributed by atoms with Gasteiger partial charge >= 0.3 is 0 Å². The molecule has 0 amide bonds. The second-order valence-electron chi connectivity index (χ2n) is 9.89. The molecule has 1 aliphatic heterocycles. The summed E-state index contributed by atoms with van der Waals surface area (Å²) in [6.07, 6.45) is 1.01. The number of hydrogen-bond acceptors (Lipinski definition) is 6. The highest BCUT2D eigenvalue weighted by molar-refractivity contribution is 9.10. The van der Waals surface area contributed by atoms with Crippen molar-refractivity contribution in [3.05, 3.63) is 86.5 Å². The Bertz CT molecular complexity index is 1300. The first-order valence-corrected chi connectivity index (χ1v) is 12.5. The van der Waals surface area contributed by atoms with Gasteiger partial charge in [-0.3, -0.25) is 4.79 Å². The molecule has 0 spiro atoms. The number of ether oxygens (including phenoxy) is 2. The molecule has 2 aromatic rings. The minimum atomic E-state index is -0.674. The number of carbonyl (C=O) groups excluding carboxylic acids is 1. The first kappa shape index (κ1) is 25.9. The fourth-order valence-electron chi connectivity index (χ4n) is 4.99. The van der Waals surface area contributed by atoms with E-state index in [1.807, 2.05) is 17.0 Å². The zero-order valence-electron chi connectivity index (χ0n) is 20.6. The maximum Gasteiger partial charge on any atom is 0.162 e. The number of rotatable bonds is 7. The predicted molar refractivity (Wildman–Crippen MR) is 138 cm³/mol. The number of allylic oxidation sites excluding steroid dienone is 3. The number of carbonyl (C=O) groups is 1. The lowest BCUT2D eigenvalue weighted by Crippen LogP contribution is -2.43. The van der Waals surface area contributed by atoms with Crippen LogP contribution in [-0.4, -0.2) is 30.9 Å². The molecule has 0 saturated carbocycles. The van der Waals surface area contributed by atoms with E-state index in [2.05, 4.69) is 35.8 Å². The van der Waals surface area contributed by atoms with Gasteiger partial charge in [0.05, 0.1) is 24.2 Å².